The minimum atomic E-state index is -0.0837. The first-order valence-corrected chi connectivity index (χ1v) is 9.85. The second-order valence-electron chi connectivity index (χ2n) is 6.85. The normalized spacial score (nSPS) is 19.5. The van der Waals surface area contributed by atoms with E-state index in [9.17, 15) is 9.59 Å². The zero-order valence-corrected chi connectivity index (χ0v) is 15.0. The van der Waals surface area contributed by atoms with Crippen LogP contribution in [0.2, 0.25) is 0 Å². The van der Waals surface area contributed by atoms with Crippen LogP contribution >= 0.6 is 11.3 Å². The maximum Gasteiger partial charge on any atom is 0.321 e. The van der Waals surface area contributed by atoms with Gasteiger partial charge in [0, 0.05) is 24.7 Å². The molecule has 1 aromatic carbocycles. The molecule has 25 heavy (non-hydrogen) atoms. The van der Waals surface area contributed by atoms with Crippen LogP contribution in [-0.2, 0) is 12.8 Å². The Labute approximate surface area is 151 Å². The number of likely N-dealkylation sites (tertiary alicyclic amines) is 1. The molecule has 0 spiro atoms. The number of Topliss-reactive ketones (excluding diaryl/α,β-unsaturated/α-hetero) is 1. The van der Waals surface area contributed by atoms with Crippen molar-refractivity contribution in [3.63, 3.8) is 0 Å². The number of hydrogen-bond donors (Lipinski definition) is 1. The molecule has 1 fully saturated rings. The van der Waals surface area contributed by atoms with E-state index in [4.69, 9.17) is 0 Å². The van der Waals surface area contributed by atoms with Gasteiger partial charge in [0.15, 0.2) is 5.78 Å². The Balaban J connectivity index is 1.44. The second kappa shape index (κ2) is 7.00. The van der Waals surface area contributed by atoms with E-state index in [1.54, 1.807) is 4.90 Å². The average Bonchev–Trinajstić information content (AvgIpc) is 3.33. The number of benzene rings is 1. The molecule has 2 heterocycles. The quantitative estimate of drug-likeness (QED) is 0.833. The number of thiophene rings is 1. The molecule has 1 saturated heterocycles. The summed E-state index contributed by atoms with van der Waals surface area (Å²) in [5, 5.41) is 5.01. The van der Waals surface area contributed by atoms with Crippen LogP contribution < -0.4 is 5.32 Å². The third-order valence-corrected chi connectivity index (χ3v) is 6.12. The van der Waals surface area contributed by atoms with Gasteiger partial charge in [-0.2, -0.15) is 0 Å². The van der Waals surface area contributed by atoms with E-state index in [1.807, 2.05) is 29.6 Å². The molecule has 0 saturated carbocycles. The standard InChI is InChI=1S/C20H22N2O2S/c23-19(18-10-4-12-25-18)15-7-3-11-22(13-15)20(24)21-17-9-2-6-14-5-1-8-16(14)17/h2,4,6,9-10,12,15H,1,3,5,7-8,11,13H2,(H,21,24). The smallest absolute Gasteiger partial charge is 0.321 e. The van der Waals surface area contributed by atoms with E-state index in [-0.39, 0.29) is 17.7 Å². The fourth-order valence-corrected chi connectivity index (χ4v) is 4.67. The van der Waals surface area contributed by atoms with Gasteiger partial charge in [-0.3, -0.25) is 4.79 Å². The number of carbonyl (C=O) groups excluding carboxylic acids is 2. The van der Waals surface area contributed by atoms with Gasteiger partial charge in [-0.15, -0.1) is 11.3 Å². The predicted molar refractivity (Wildman–Crippen MR) is 100 cm³/mol. The van der Waals surface area contributed by atoms with Gasteiger partial charge < -0.3 is 10.2 Å². The number of urea groups is 1. The molecular weight excluding hydrogens is 332 g/mol. The number of piperidine rings is 1. The van der Waals surface area contributed by atoms with E-state index < -0.39 is 0 Å². The van der Waals surface area contributed by atoms with E-state index in [2.05, 4.69) is 11.4 Å². The Morgan fingerprint density at radius 2 is 2.04 bits per heavy atom. The van der Waals surface area contributed by atoms with Gasteiger partial charge in [-0.25, -0.2) is 4.79 Å². The van der Waals surface area contributed by atoms with Crippen LogP contribution in [0.15, 0.2) is 35.7 Å². The maximum atomic E-state index is 12.7. The Morgan fingerprint density at radius 3 is 2.88 bits per heavy atom. The minimum absolute atomic E-state index is 0.0796. The highest BCUT2D eigenvalue weighted by molar-refractivity contribution is 7.12. The van der Waals surface area contributed by atoms with Crippen LogP contribution in [0.1, 0.15) is 40.1 Å². The van der Waals surface area contributed by atoms with Crippen molar-refractivity contribution < 1.29 is 9.59 Å². The summed E-state index contributed by atoms with van der Waals surface area (Å²) in [7, 11) is 0. The maximum absolute atomic E-state index is 12.7. The number of fused-ring (bicyclic) bond motifs is 1. The number of rotatable bonds is 3. The first-order valence-electron chi connectivity index (χ1n) is 8.97. The third-order valence-electron chi connectivity index (χ3n) is 5.23. The number of ketones is 1. The van der Waals surface area contributed by atoms with E-state index >= 15 is 0 Å². The summed E-state index contributed by atoms with van der Waals surface area (Å²) in [6, 6.07) is 9.85. The highest BCUT2D eigenvalue weighted by Crippen LogP contribution is 2.29. The summed E-state index contributed by atoms with van der Waals surface area (Å²) < 4.78 is 0. The molecule has 4 nitrogen and oxygen atoms in total. The molecule has 4 rings (SSSR count). The van der Waals surface area contributed by atoms with Gasteiger partial charge in [0.2, 0.25) is 0 Å². The SMILES string of the molecule is O=C(c1cccs1)C1CCCN(C(=O)Nc2cccc3c2CCC3)C1. The second-order valence-corrected chi connectivity index (χ2v) is 7.80. The topological polar surface area (TPSA) is 49.4 Å². The molecule has 5 heteroatoms. The van der Waals surface area contributed by atoms with Gasteiger partial charge in [-0.1, -0.05) is 18.2 Å². The van der Waals surface area contributed by atoms with Crippen molar-refractivity contribution in [2.24, 2.45) is 5.92 Å². The number of hydrogen-bond acceptors (Lipinski definition) is 3. The average molecular weight is 354 g/mol. The van der Waals surface area contributed by atoms with Crippen molar-refractivity contribution in [2.45, 2.75) is 32.1 Å². The summed E-state index contributed by atoms with van der Waals surface area (Å²) >= 11 is 1.48. The van der Waals surface area contributed by atoms with Crippen LogP contribution in [0.25, 0.3) is 0 Å². The molecular formula is C20H22N2O2S. The van der Waals surface area contributed by atoms with Gasteiger partial charge in [0.05, 0.1) is 4.88 Å². The van der Waals surface area contributed by atoms with Crippen LogP contribution in [0.5, 0.6) is 0 Å². The van der Waals surface area contributed by atoms with E-state index in [0.29, 0.717) is 6.54 Å². The number of amides is 2. The molecule has 1 N–H and O–H groups in total. The van der Waals surface area contributed by atoms with Crippen LogP contribution in [-0.4, -0.2) is 29.8 Å². The predicted octanol–water partition coefficient (Wildman–Crippen LogP) is 4.36. The van der Waals surface area contributed by atoms with Crippen molar-refractivity contribution in [3.05, 3.63) is 51.7 Å². The molecule has 0 radical (unpaired) electrons. The Hall–Kier alpha value is -2.14. The van der Waals surface area contributed by atoms with E-state index in [0.717, 1.165) is 49.2 Å². The molecule has 2 aliphatic rings. The number of carbonyl (C=O) groups is 2. The summed E-state index contributed by atoms with van der Waals surface area (Å²) in [6.07, 6.45) is 5.03. The molecule has 1 aromatic heterocycles. The van der Waals surface area contributed by atoms with Crippen molar-refractivity contribution >= 4 is 28.8 Å². The number of nitrogens with one attached hydrogen (secondary N) is 1. The lowest BCUT2D eigenvalue weighted by molar-refractivity contribution is 0.0856. The molecule has 130 valence electrons. The lowest BCUT2D eigenvalue weighted by Crippen LogP contribution is -2.44. The highest BCUT2D eigenvalue weighted by Gasteiger charge is 2.30. The van der Waals surface area contributed by atoms with Crippen LogP contribution in [0.4, 0.5) is 10.5 Å². The fourth-order valence-electron chi connectivity index (χ4n) is 3.93. The molecule has 1 aliphatic carbocycles. The number of anilines is 1. The van der Waals surface area contributed by atoms with Gasteiger partial charge >= 0.3 is 6.03 Å². The first kappa shape index (κ1) is 16.3. The summed E-state index contributed by atoms with van der Waals surface area (Å²) in [5.74, 6) is 0.0905. The Kier molecular flexibility index (Phi) is 4.57. The van der Waals surface area contributed by atoms with Gasteiger partial charge in [0.25, 0.3) is 0 Å². The molecule has 2 amide bonds. The monoisotopic (exact) mass is 354 g/mol. The lowest BCUT2D eigenvalue weighted by atomic mass is 9.93. The summed E-state index contributed by atoms with van der Waals surface area (Å²) in [5.41, 5.74) is 3.56. The van der Waals surface area contributed by atoms with Crippen molar-refractivity contribution in [1.82, 2.24) is 4.90 Å². The first-order chi connectivity index (χ1) is 12.2. The zero-order valence-electron chi connectivity index (χ0n) is 14.2. The van der Waals surface area contributed by atoms with Crippen molar-refractivity contribution in [3.8, 4) is 0 Å². The molecule has 2 aromatic rings. The molecule has 0 bridgehead atoms. The fraction of sp³-hybridized carbons (Fsp3) is 0.400. The number of aryl methyl sites for hydroxylation is 1. The summed E-state index contributed by atoms with van der Waals surface area (Å²) in [6.45, 7) is 1.23. The third kappa shape index (κ3) is 3.33. The highest BCUT2D eigenvalue weighted by atomic mass is 32.1. The molecule has 1 unspecified atom stereocenters. The Morgan fingerprint density at radius 1 is 1.12 bits per heavy atom. The Bertz CT molecular complexity index is 785. The number of nitrogens with zero attached hydrogens (tertiary/aromatic N) is 1. The van der Waals surface area contributed by atoms with Crippen molar-refractivity contribution in [2.75, 3.05) is 18.4 Å². The molecule has 1 aliphatic heterocycles. The summed E-state index contributed by atoms with van der Waals surface area (Å²) in [4.78, 5) is 27.9. The van der Waals surface area contributed by atoms with E-state index in [1.165, 1.54) is 22.5 Å². The van der Waals surface area contributed by atoms with Crippen LogP contribution in [0.3, 0.4) is 0 Å². The van der Waals surface area contributed by atoms with Gasteiger partial charge in [0.1, 0.15) is 0 Å². The van der Waals surface area contributed by atoms with Crippen LogP contribution in [0, 0.1) is 5.92 Å². The van der Waals surface area contributed by atoms with Gasteiger partial charge in [-0.05, 0) is 60.7 Å². The molecule has 1 atom stereocenters. The van der Waals surface area contributed by atoms with Crippen molar-refractivity contribution in [1.29, 1.82) is 0 Å². The minimum Gasteiger partial charge on any atom is -0.324 e. The lowest BCUT2D eigenvalue weighted by Gasteiger charge is -2.32. The largest absolute Gasteiger partial charge is 0.324 e. The zero-order chi connectivity index (χ0) is 17.2.